The summed E-state index contributed by atoms with van der Waals surface area (Å²) in [6.07, 6.45) is 1.66. The van der Waals surface area contributed by atoms with Crippen LogP contribution in [0.5, 0.6) is 5.75 Å². The molecule has 2 N–H and O–H groups in total. The fraction of sp³-hybridized carbons (Fsp3) is 0.533. The largest absolute Gasteiger partial charge is 0.479 e. The van der Waals surface area contributed by atoms with E-state index in [4.69, 9.17) is 15.2 Å². The number of carbonyl (C=O) groups excluding carboxylic acids is 1. The van der Waals surface area contributed by atoms with Crippen LogP contribution in [0.4, 0.5) is 11.4 Å². The first-order valence-corrected chi connectivity index (χ1v) is 7.08. The number of unbranched alkanes of at least 4 members (excludes halogenated alkanes) is 1. The van der Waals surface area contributed by atoms with Gasteiger partial charge in [0.15, 0.2) is 6.10 Å². The maximum Gasteiger partial charge on any atom is 0.267 e. The average Bonchev–Trinajstić information content (AvgIpc) is 2.42. The summed E-state index contributed by atoms with van der Waals surface area (Å²) >= 11 is 0. The molecule has 1 amide bonds. The second-order valence-electron chi connectivity index (χ2n) is 4.94. The van der Waals surface area contributed by atoms with Gasteiger partial charge in [-0.25, -0.2) is 0 Å². The van der Waals surface area contributed by atoms with Gasteiger partial charge in [-0.15, -0.1) is 0 Å². The average molecular weight is 278 g/mol. The Morgan fingerprint density at radius 3 is 2.95 bits per heavy atom. The highest BCUT2D eigenvalue weighted by Gasteiger charge is 2.31. The highest BCUT2D eigenvalue weighted by molar-refractivity contribution is 6.00. The van der Waals surface area contributed by atoms with Crippen molar-refractivity contribution >= 4 is 17.3 Å². The molecule has 110 valence electrons. The van der Waals surface area contributed by atoms with Gasteiger partial charge in [-0.3, -0.25) is 4.79 Å². The van der Waals surface area contributed by atoms with Crippen LogP contribution in [0.15, 0.2) is 18.2 Å². The van der Waals surface area contributed by atoms with Crippen LogP contribution in [0.2, 0.25) is 0 Å². The molecule has 1 aromatic carbocycles. The number of hydrogen-bond acceptors (Lipinski definition) is 4. The Morgan fingerprint density at radius 1 is 1.40 bits per heavy atom. The molecule has 1 heterocycles. The van der Waals surface area contributed by atoms with Crippen molar-refractivity contribution in [3.63, 3.8) is 0 Å². The van der Waals surface area contributed by atoms with Crippen molar-refractivity contribution in [1.82, 2.24) is 0 Å². The quantitative estimate of drug-likeness (QED) is 0.640. The Morgan fingerprint density at radius 2 is 2.20 bits per heavy atom. The molecule has 0 saturated carbocycles. The van der Waals surface area contributed by atoms with Crippen molar-refractivity contribution in [1.29, 1.82) is 0 Å². The minimum absolute atomic E-state index is 0.0404. The van der Waals surface area contributed by atoms with E-state index in [1.165, 1.54) is 0 Å². The first-order chi connectivity index (χ1) is 9.63. The van der Waals surface area contributed by atoms with E-state index < -0.39 is 6.10 Å². The molecule has 1 atom stereocenters. The van der Waals surface area contributed by atoms with E-state index in [0.29, 0.717) is 24.6 Å². The molecular formula is C15H22N2O3. The topological polar surface area (TPSA) is 64.8 Å². The number of carbonyl (C=O) groups is 1. The van der Waals surface area contributed by atoms with Crippen molar-refractivity contribution in [3.8, 4) is 5.75 Å². The van der Waals surface area contributed by atoms with Gasteiger partial charge in [0.05, 0.1) is 12.3 Å². The number of ether oxygens (including phenoxy) is 2. The second-order valence-corrected chi connectivity index (χ2v) is 4.94. The molecule has 2 rings (SSSR count). The lowest BCUT2D eigenvalue weighted by Crippen LogP contribution is -2.45. The molecule has 0 radical (unpaired) electrons. The minimum Gasteiger partial charge on any atom is -0.479 e. The van der Waals surface area contributed by atoms with Crippen LogP contribution >= 0.6 is 0 Å². The summed E-state index contributed by atoms with van der Waals surface area (Å²) in [7, 11) is 0. The molecule has 0 saturated heterocycles. The molecule has 20 heavy (non-hydrogen) atoms. The maximum atomic E-state index is 12.2. The van der Waals surface area contributed by atoms with Gasteiger partial charge < -0.3 is 20.1 Å². The van der Waals surface area contributed by atoms with Crippen LogP contribution in [-0.4, -0.2) is 31.8 Å². The summed E-state index contributed by atoms with van der Waals surface area (Å²) in [6, 6.07) is 5.35. The van der Waals surface area contributed by atoms with Crippen LogP contribution in [0.3, 0.4) is 0 Å². The van der Waals surface area contributed by atoms with Crippen molar-refractivity contribution in [3.05, 3.63) is 18.2 Å². The third-order valence-corrected chi connectivity index (χ3v) is 3.29. The molecule has 5 heteroatoms. The summed E-state index contributed by atoms with van der Waals surface area (Å²) in [5, 5.41) is 0. The van der Waals surface area contributed by atoms with Gasteiger partial charge in [0.1, 0.15) is 5.75 Å². The first kappa shape index (κ1) is 14.7. The van der Waals surface area contributed by atoms with Gasteiger partial charge in [-0.2, -0.15) is 0 Å². The summed E-state index contributed by atoms with van der Waals surface area (Å²) in [4.78, 5) is 13.9. The summed E-state index contributed by atoms with van der Waals surface area (Å²) < 4.78 is 11.1. The SMILES string of the molecule is CCCCOCCN1C(=O)C(C)Oc2cc(N)ccc21. The molecule has 0 aliphatic carbocycles. The second kappa shape index (κ2) is 6.61. The van der Waals surface area contributed by atoms with Crippen LogP contribution in [-0.2, 0) is 9.53 Å². The summed E-state index contributed by atoms with van der Waals surface area (Å²) in [6.45, 7) is 5.67. The molecule has 1 unspecified atom stereocenters. The Labute approximate surface area is 119 Å². The zero-order valence-corrected chi connectivity index (χ0v) is 12.1. The zero-order chi connectivity index (χ0) is 14.5. The van der Waals surface area contributed by atoms with Gasteiger partial charge in [0.2, 0.25) is 0 Å². The molecule has 5 nitrogen and oxygen atoms in total. The number of amides is 1. The highest BCUT2D eigenvalue weighted by atomic mass is 16.5. The molecule has 0 spiro atoms. The Hall–Kier alpha value is -1.75. The van der Waals surface area contributed by atoms with Crippen molar-refractivity contribution in [2.45, 2.75) is 32.8 Å². The smallest absolute Gasteiger partial charge is 0.267 e. The lowest BCUT2D eigenvalue weighted by atomic mass is 10.1. The van der Waals surface area contributed by atoms with E-state index in [2.05, 4.69) is 6.92 Å². The highest BCUT2D eigenvalue weighted by Crippen LogP contribution is 2.35. The van der Waals surface area contributed by atoms with E-state index in [1.807, 2.05) is 6.07 Å². The van der Waals surface area contributed by atoms with E-state index in [1.54, 1.807) is 24.0 Å². The standard InChI is InChI=1S/C15H22N2O3/c1-3-4-8-19-9-7-17-13-6-5-12(16)10-14(13)20-11(2)15(17)18/h5-6,10-11H,3-4,7-9,16H2,1-2H3. The maximum absolute atomic E-state index is 12.2. The van der Waals surface area contributed by atoms with E-state index >= 15 is 0 Å². The van der Waals surface area contributed by atoms with E-state index in [0.717, 1.165) is 25.1 Å². The summed E-state index contributed by atoms with van der Waals surface area (Å²) in [5.41, 5.74) is 7.15. The zero-order valence-electron chi connectivity index (χ0n) is 12.1. The molecule has 0 aromatic heterocycles. The molecule has 1 aliphatic heterocycles. The van der Waals surface area contributed by atoms with Gasteiger partial charge in [-0.1, -0.05) is 13.3 Å². The molecule has 1 aliphatic rings. The number of rotatable bonds is 6. The van der Waals surface area contributed by atoms with Gasteiger partial charge in [0.25, 0.3) is 5.91 Å². The van der Waals surface area contributed by atoms with Gasteiger partial charge in [0, 0.05) is 24.9 Å². The number of anilines is 2. The first-order valence-electron chi connectivity index (χ1n) is 7.08. The van der Waals surface area contributed by atoms with Crippen LogP contribution in [0, 0.1) is 0 Å². The Bertz CT molecular complexity index is 476. The minimum atomic E-state index is -0.486. The van der Waals surface area contributed by atoms with Crippen LogP contribution in [0.25, 0.3) is 0 Å². The fourth-order valence-electron chi connectivity index (χ4n) is 2.16. The van der Waals surface area contributed by atoms with E-state index in [-0.39, 0.29) is 5.91 Å². The number of hydrogen-bond donors (Lipinski definition) is 1. The monoisotopic (exact) mass is 278 g/mol. The number of nitrogens with zero attached hydrogens (tertiary/aromatic N) is 1. The van der Waals surface area contributed by atoms with Gasteiger partial charge >= 0.3 is 0 Å². The number of nitrogens with two attached hydrogens (primary N) is 1. The molecule has 0 fully saturated rings. The molecular weight excluding hydrogens is 256 g/mol. The van der Waals surface area contributed by atoms with Crippen LogP contribution in [0.1, 0.15) is 26.7 Å². The molecule has 1 aromatic rings. The Kier molecular flexibility index (Phi) is 4.84. The fourth-order valence-corrected chi connectivity index (χ4v) is 2.16. The normalized spacial score (nSPS) is 17.8. The van der Waals surface area contributed by atoms with Crippen molar-refractivity contribution in [2.75, 3.05) is 30.4 Å². The lowest BCUT2D eigenvalue weighted by molar-refractivity contribution is -0.125. The predicted molar refractivity (Wildman–Crippen MR) is 79.0 cm³/mol. The van der Waals surface area contributed by atoms with Gasteiger partial charge in [-0.05, 0) is 25.5 Å². The van der Waals surface area contributed by atoms with Crippen molar-refractivity contribution < 1.29 is 14.3 Å². The summed E-state index contributed by atoms with van der Waals surface area (Å²) in [5.74, 6) is 0.618. The van der Waals surface area contributed by atoms with Crippen molar-refractivity contribution in [2.24, 2.45) is 0 Å². The third-order valence-electron chi connectivity index (χ3n) is 3.29. The lowest BCUT2D eigenvalue weighted by Gasteiger charge is -2.33. The number of fused-ring (bicyclic) bond motifs is 1. The molecule has 0 bridgehead atoms. The number of nitrogen functional groups attached to an aromatic ring is 1. The van der Waals surface area contributed by atoms with E-state index in [9.17, 15) is 4.79 Å². The van der Waals surface area contributed by atoms with Crippen LogP contribution < -0.4 is 15.4 Å². The number of benzene rings is 1. The Balaban J connectivity index is 2.05. The third kappa shape index (κ3) is 3.22. The predicted octanol–water partition coefficient (Wildman–Crippen LogP) is 2.20.